The number of nitrogens with zero attached hydrogens (tertiary/aromatic N) is 4. The molecule has 0 radical (unpaired) electrons. The topological polar surface area (TPSA) is 67.7 Å². The Kier molecular flexibility index (Phi) is 6.38. The summed E-state index contributed by atoms with van der Waals surface area (Å²) >= 11 is 0. The van der Waals surface area contributed by atoms with Crippen molar-refractivity contribution in [3.63, 3.8) is 0 Å². The molecule has 1 heterocycles. The summed E-state index contributed by atoms with van der Waals surface area (Å²) in [7, 11) is 7.04. The predicted octanol–water partition coefficient (Wildman–Crippen LogP) is 1.41. The number of carbonyl (C=O) groups excluding carboxylic acids is 1. The van der Waals surface area contributed by atoms with Gasteiger partial charge in [-0.15, -0.1) is 0 Å². The van der Waals surface area contributed by atoms with Gasteiger partial charge in [0, 0.05) is 33.3 Å². The summed E-state index contributed by atoms with van der Waals surface area (Å²) in [5.74, 6) is 0.636. The fourth-order valence-corrected chi connectivity index (χ4v) is 2.60. The van der Waals surface area contributed by atoms with Crippen LogP contribution in [0.5, 0.6) is 5.75 Å². The van der Waals surface area contributed by atoms with Crippen molar-refractivity contribution in [2.45, 2.75) is 25.9 Å². The van der Waals surface area contributed by atoms with Crippen LogP contribution >= 0.6 is 0 Å². The van der Waals surface area contributed by atoms with Crippen molar-refractivity contribution in [3.8, 4) is 5.75 Å². The van der Waals surface area contributed by atoms with Gasteiger partial charge >= 0.3 is 0 Å². The lowest BCUT2D eigenvalue weighted by molar-refractivity contribution is -0.132. The number of benzene rings is 1. The zero-order chi connectivity index (χ0) is 19.3. The standard InChI is InChI=1S/C19H26N4O3/c1-14(10-15-8-6-7-9-17(15)26-5)22(4)19(25)13-23-18(24)11-16(12-20-23)21(2)3/h6-9,11-12,14H,10,13H2,1-5H3/t14-/m0/s1. The minimum atomic E-state index is -0.296. The quantitative estimate of drug-likeness (QED) is 0.749. The molecule has 26 heavy (non-hydrogen) atoms. The van der Waals surface area contributed by atoms with Crippen molar-refractivity contribution in [1.29, 1.82) is 0 Å². The van der Waals surface area contributed by atoms with Gasteiger partial charge in [-0.3, -0.25) is 9.59 Å². The number of carbonyl (C=O) groups is 1. The molecule has 2 aromatic rings. The van der Waals surface area contributed by atoms with Crippen molar-refractivity contribution < 1.29 is 9.53 Å². The van der Waals surface area contributed by atoms with Crippen LogP contribution < -0.4 is 15.2 Å². The SMILES string of the molecule is COc1ccccc1C[C@H](C)N(C)C(=O)Cn1ncc(N(C)C)cc1=O. The molecule has 2 rings (SSSR count). The highest BCUT2D eigenvalue weighted by Gasteiger charge is 2.19. The summed E-state index contributed by atoms with van der Waals surface area (Å²) in [5, 5.41) is 4.09. The molecule has 0 unspecified atom stereocenters. The Morgan fingerprint density at radius 2 is 1.96 bits per heavy atom. The normalized spacial score (nSPS) is 11.7. The molecule has 0 saturated heterocycles. The molecule has 1 atom stereocenters. The van der Waals surface area contributed by atoms with Gasteiger partial charge in [0.05, 0.1) is 19.0 Å². The first kappa shape index (κ1) is 19.5. The number of likely N-dealkylation sites (N-methyl/N-ethyl adjacent to an activating group) is 1. The first-order valence-electron chi connectivity index (χ1n) is 8.45. The highest BCUT2D eigenvalue weighted by atomic mass is 16.5. The molecule has 0 fully saturated rings. The van der Waals surface area contributed by atoms with E-state index in [0.717, 1.165) is 11.3 Å². The van der Waals surface area contributed by atoms with Gasteiger partial charge in [-0.1, -0.05) is 18.2 Å². The maximum atomic E-state index is 12.6. The molecule has 1 amide bonds. The lowest BCUT2D eigenvalue weighted by Crippen LogP contribution is -2.40. The fourth-order valence-electron chi connectivity index (χ4n) is 2.60. The van der Waals surface area contributed by atoms with Crippen molar-refractivity contribution in [2.24, 2.45) is 0 Å². The van der Waals surface area contributed by atoms with Crippen LogP contribution in [-0.2, 0) is 17.8 Å². The van der Waals surface area contributed by atoms with E-state index in [9.17, 15) is 9.59 Å². The third-order valence-electron chi connectivity index (χ3n) is 4.42. The molecule has 0 spiro atoms. The van der Waals surface area contributed by atoms with E-state index in [1.54, 1.807) is 30.2 Å². The van der Waals surface area contributed by atoms with Crippen molar-refractivity contribution in [3.05, 3.63) is 52.4 Å². The lowest BCUT2D eigenvalue weighted by atomic mass is 10.1. The lowest BCUT2D eigenvalue weighted by Gasteiger charge is -2.26. The summed E-state index contributed by atoms with van der Waals surface area (Å²) in [6.07, 6.45) is 2.24. The molecule has 0 aliphatic heterocycles. The zero-order valence-corrected chi connectivity index (χ0v) is 16.0. The highest BCUT2D eigenvalue weighted by molar-refractivity contribution is 5.76. The molecule has 7 nitrogen and oxygen atoms in total. The second-order valence-corrected chi connectivity index (χ2v) is 6.47. The smallest absolute Gasteiger partial charge is 0.269 e. The number of hydrogen-bond acceptors (Lipinski definition) is 5. The Hall–Kier alpha value is -2.83. The number of para-hydroxylation sites is 1. The van der Waals surface area contributed by atoms with Crippen LogP contribution in [0.2, 0.25) is 0 Å². The Morgan fingerprint density at radius 3 is 2.58 bits per heavy atom. The Bertz CT molecular complexity index is 816. The molecule has 1 aromatic heterocycles. The first-order valence-corrected chi connectivity index (χ1v) is 8.45. The van der Waals surface area contributed by atoms with Gasteiger partial charge in [0.2, 0.25) is 5.91 Å². The number of hydrogen-bond donors (Lipinski definition) is 0. The molecular formula is C19H26N4O3. The van der Waals surface area contributed by atoms with Crippen LogP contribution in [0.15, 0.2) is 41.3 Å². The Balaban J connectivity index is 2.06. The van der Waals surface area contributed by atoms with Gasteiger partial charge in [0.15, 0.2) is 0 Å². The monoisotopic (exact) mass is 358 g/mol. The third-order valence-corrected chi connectivity index (χ3v) is 4.42. The largest absolute Gasteiger partial charge is 0.496 e. The summed E-state index contributed by atoms with van der Waals surface area (Å²) in [6, 6.07) is 9.17. The molecule has 0 saturated carbocycles. The number of ether oxygens (including phenoxy) is 1. The van der Waals surface area contributed by atoms with E-state index < -0.39 is 0 Å². The van der Waals surface area contributed by atoms with Crippen LogP contribution in [0.1, 0.15) is 12.5 Å². The van der Waals surface area contributed by atoms with Gasteiger partial charge in [-0.05, 0) is 25.0 Å². The van der Waals surface area contributed by atoms with Gasteiger partial charge < -0.3 is 14.5 Å². The van der Waals surface area contributed by atoms with Crippen molar-refractivity contribution in [1.82, 2.24) is 14.7 Å². The second kappa shape index (κ2) is 8.51. The van der Waals surface area contributed by atoms with E-state index in [2.05, 4.69) is 5.10 Å². The molecule has 1 aromatic carbocycles. The summed E-state index contributed by atoms with van der Waals surface area (Å²) in [5.41, 5.74) is 1.44. The number of rotatable bonds is 7. The third kappa shape index (κ3) is 4.62. The summed E-state index contributed by atoms with van der Waals surface area (Å²) in [6.45, 7) is 1.88. The number of anilines is 1. The van der Waals surface area contributed by atoms with Crippen LogP contribution in [0, 0.1) is 0 Å². The minimum Gasteiger partial charge on any atom is -0.496 e. The molecule has 7 heteroatoms. The molecule has 140 valence electrons. The average molecular weight is 358 g/mol. The zero-order valence-electron chi connectivity index (χ0n) is 16.0. The highest BCUT2D eigenvalue weighted by Crippen LogP contribution is 2.20. The molecule has 0 N–H and O–H groups in total. The van der Waals surface area contributed by atoms with Crippen molar-refractivity contribution in [2.75, 3.05) is 33.2 Å². The van der Waals surface area contributed by atoms with Gasteiger partial charge in [0.25, 0.3) is 5.56 Å². The molecule has 0 bridgehead atoms. The molecular weight excluding hydrogens is 332 g/mol. The van der Waals surface area contributed by atoms with Crippen LogP contribution in [0.4, 0.5) is 5.69 Å². The van der Waals surface area contributed by atoms with E-state index in [0.29, 0.717) is 12.1 Å². The maximum absolute atomic E-state index is 12.6. The van der Waals surface area contributed by atoms with Crippen LogP contribution in [-0.4, -0.2) is 54.9 Å². The number of aromatic nitrogens is 2. The number of methoxy groups -OCH3 is 1. The summed E-state index contributed by atoms with van der Waals surface area (Å²) in [4.78, 5) is 28.1. The van der Waals surface area contributed by atoms with E-state index >= 15 is 0 Å². The summed E-state index contributed by atoms with van der Waals surface area (Å²) < 4.78 is 6.55. The maximum Gasteiger partial charge on any atom is 0.269 e. The molecule has 0 aliphatic rings. The van der Waals surface area contributed by atoms with Crippen molar-refractivity contribution >= 4 is 11.6 Å². The first-order chi connectivity index (χ1) is 12.3. The fraction of sp³-hybridized carbons (Fsp3) is 0.421. The predicted molar refractivity (Wildman–Crippen MR) is 102 cm³/mol. The van der Waals surface area contributed by atoms with E-state index in [1.165, 1.54) is 10.7 Å². The Morgan fingerprint density at radius 1 is 1.27 bits per heavy atom. The number of amides is 1. The Labute approximate surface area is 153 Å². The van der Waals surface area contributed by atoms with Gasteiger partial charge in [-0.2, -0.15) is 5.10 Å². The van der Waals surface area contributed by atoms with Crippen LogP contribution in [0.3, 0.4) is 0 Å². The average Bonchev–Trinajstić information content (AvgIpc) is 2.62. The van der Waals surface area contributed by atoms with Crippen LogP contribution in [0.25, 0.3) is 0 Å². The van der Waals surface area contributed by atoms with Gasteiger partial charge in [0.1, 0.15) is 12.3 Å². The minimum absolute atomic E-state index is 0.0458. The van der Waals surface area contributed by atoms with E-state index in [4.69, 9.17) is 4.74 Å². The van der Waals surface area contributed by atoms with Gasteiger partial charge in [-0.25, -0.2) is 4.68 Å². The molecule has 0 aliphatic carbocycles. The van der Waals surface area contributed by atoms with E-state index in [-0.39, 0.29) is 24.1 Å². The second-order valence-electron chi connectivity index (χ2n) is 6.47. The van der Waals surface area contributed by atoms with E-state index in [1.807, 2.05) is 45.3 Å².